The second kappa shape index (κ2) is 7.72. The van der Waals surface area contributed by atoms with E-state index in [2.05, 4.69) is 20.1 Å². The fraction of sp³-hybridized carbons (Fsp3) is 0.136. The number of aromatic nitrogens is 4. The van der Waals surface area contributed by atoms with Gasteiger partial charge in [0.2, 0.25) is 0 Å². The van der Waals surface area contributed by atoms with E-state index in [0.717, 1.165) is 40.0 Å². The zero-order chi connectivity index (χ0) is 20.5. The highest BCUT2D eigenvalue weighted by atomic mass is 32.2. The molecule has 0 radical (unpaired) electrons. The van der Waals surface area contributed by atoms with E-state index in [4.69, 9.17) is 9.72 Å². The van der Waals surface area contributed by atoms with Crippen LogP contribution in [0.25, 0.3) is 22.5 Å². The van der Waals surface area contributed by atoms with Gasteiger partial charge in [-0.1, -0.05) is 42.1 Å². The van der Waals surface area contributed by atoms with Crippen molar-refractivity contribution in [3.8, 4) is 28.3 Å². The van der Waals surface area contributed by atoms with E-state index >= 15 is 0 Å². The maximum atomic E-state index is 12.9. The van der Waals surface area contributed by atoms with Crippen molar-refractivity contribution < 1.29 is 9.53 Å². The van der Waals surface area contributed by atoms with Crippen LogP contribution in [0.3, 0.4) is 0 Å². The van der Waals surface area contributed by atoms with Crippen LogP contribution < -0.4 is 10.1 Å². The molecule has 0 spiro atoms. The van der Waals surface area contributed by atoms with Gasteiger partial charge < -0.3 is 14.6 Å². The number of carbonyl (C=O) groups is 1. The van der Waals surface area contributed by atoms with Crippen molar-refractivity contribution in [1.82, 2.24) is 19.7 Å². The van der Waals surface area contributed by atoms with E-state index in [1.54, 1.807) is 24.9 Å². The molecule has 5 rings (SSSR count). The number of imidazole rings is 1. The number of ether oxygens (including phenoxy) is 1. The van der Waals surface area contributed by atoms with Gasteiger partial charge in [-0.05, 0) is 24.3 Å². The van der Waals surface area contributed by atoms with Crippen molar-refractivity contribution in [2.45, 2.75) is 11.7 Å². The van der Waals surface area contributed by atoms with Crippen LogP contribution in [-0.4, -0.2) is 38.5 Å². The number of hydrogen-bond donors (Lipinski definition) is 2. The molecule has 8 heteroatoms. The Morgan fingerprint density at radius 3 is 2.93 bits per heavy atom. The zero-order valence-electron chi connectivity index (χ0n) is 16.3. The molecule has 30 heavy (non-hydrogen) atoms. The van der Waals surface area contributed by atoms with Crippen LogP contribution in [0.1, 0.15) is 10.5 Å². The van der Waals surface area contributed by atoms with Crippen LogP contribution in [-0.2, 0) is 6.54 Å². The molecule has 1 aliphatic rings. The molecule has 2 aromatic heterocycles. The van der Waals surface area contributed by atoms with Gasteiger partial charge in [-0.3, -0.25) is 9.89 Å². The van der Waals surface area contributed by atoms with E-state index in [1.165, 1.54) is 0 Å². The van der Waals surface area contributed by atoms with Crippen LogP contribution >= 0.6 is 11.8 Å². The fourth-order valence-electron chi connectivity index (χ4n) is 3.41. The summed E-state index contributed by atoms with van der Waals surface area (Å²) in [5, 5.41) is 11.1. The Kier molecular flexibility index (Phi) is 4.76. The number of amides is 1. The van der Waals surface area contributed by atoms with Gasteiger partial charge in [0.1, 0.15) is 11.4 Å². The van der Waals surface area contributed by atoms with Gasteiger partial charge in [0.15, 0.2) is 5.16 Å². The molecular formula is C22H19N5O2S. The SMILES string of the molecule is COc1cccc(-c2cc(C(=O)Nc3ccccc3-c3cn4c(n3)SCC4)[nH]n2)c1. The summed E-state index contributed by atoms with van der Waals surface area (Å²) in [7, 11) is 1.62. The second-order valence-electron chi connectivity index (χ2n) is 6.85. The van der Waals surface area contributed by atoms with Crippen LogP contribution in [0.5, 0.6) is 5.75 Å². The molecule has 1 aliphatic heterocycles. The smallest absolute Gasteiger partial charge is 0.273 e. The number of anilines is 1. The number of carbonyl (C=O) groups excluding carboxylic acids is 1. The van der Waals surface area contributed by atoms with Gasteiger partial charge in [-0.15, -0.1) is 0 Å². The number of H-pyrrole nitrogens is 1. The number of nitrogens with one attached hydrogen (secondary N) is 2. The average molecular weight is 417 g/mol. The number of hydrogen-bond acceptors (Lipinski definition) is 5. The predicted octanol–water partition coefficient (Wildman–Crippen LogP) is 4.31. The van der Waals surface area contributed by atoms with E-state index in [0.29, 0.717) is 17.1 Å². The van der Waals surface area contributed by atoms with Gasteiger partial charge in [0, 0.05) is 29.6 Å². The fourth-order valence-corrected chi connectivity index (χ4v) is 4.36. The molecule has 0 atom stereocenters. The third-order valence-corrected chi connectivity index (χ3v) is 5.91. The summed E-state index contributed by atoms with van der Waals surface area (Å²) in [6.07, 6.45) is 2.04. The van der Waals surface area contributed by atoms with Gasteiger partial charge in [0.25, 0.3) is 5.91 Å². The van der Waals surface area contributed by atoms with Crippen molar-refractivity contribution >= 4 is 23.4 Å². The van der Waals surface area contributed by atoms with Crippen molar-refractivity contribution in [1.29, 1.82) is 0 Å². The van der Waals surface area contributed by atoms with Crippen LogP contribution in [0.15, 0.2) is 66.0 Å². The number of thioether (sulfide) groups is 1. The Morgan fingerprint density at radius 1 is 1.17 bits per heavy atom. The summed E-state index contributed by atoms with van der Waals surface area (Å²) < 4.78 is 7.41. The number of rotatable bonds is 5. The number of methoxy groups -OCH3 is 1. The molecule has 4 aromatic rings. The number of nitrogens with zero attached hydrogens (tertiary/aromatic N) is 3. The van der Waals surface area contributed by atoms with E-state index in [9.17, 15) is 4.79 Å². The van der Waals surface area contributed by atoms with Crippen molar-refractivity contribution in [3.05, 3.63) is 66.5 Å². The molecule has 2 aromatic carbocycles. The van der Waals surface area contributed by atoms with Crippen LogP contribution in [0, 0.1) is 0 Å². The standard InChI is InChI=1S/C22H19N5O2S/c1-29-15-6-4-5-14(11-15)18-12-19(26-25-18)21(28)23-17-8-3-2-7-16(17)20-13-27-9-10-30-22(27)24-20/h2-8,11-13H,9-10H2,1H3,(H,23,28)(H,25,26). The molecule has 7 nitrogen and oxygen atoms in total. The number of aryl methyl sites for hydroxylation is 1. The molecule has 1 amide bonds. The minimum absolute atomic E-state index is 0.259. The second-order valence-corrected chi connectivity index (χ2v) is 7.91. The molecule has 2 N–H and O–H groups in total. The van der Waals surface area contributed by atoms with Crippen LogP contribution in [0.2, 0.25) is 0 Å². The molecule has 0 fully saturated rings. The normalized spacial score (nSPS) is 12.6. The molecule has 3 heterocycles. The Hall–Kier alpha value is -3.52. The molecule has 0 saturated heterocycles. The first kappa shape index (κ1) is 18.5. The largest absolute Gasteiger partial charge is 0.497 e. The van der Waals surface area contributed by atoms with E-state index < -0.39 is 0 Å². The molecule has 0 bridgehead atoms. The Morgan fingerprint density at radius 2 is 2.07 bits per heavy atom. The quantitative estimate of drug-likeness (QED) is 0.506. The van der Waals surface area contributed by atoms with Gasteiger partial charge >= 0.3 is 0 Å². The maximum Gasteiger partial charge on any atom is 0.273 e. The highest BCUT2D eigenvalue weighted by molar-refractivity contribution is 7.99. The third-order valence-electron chi connectivity index (χ3n) is 4.94. The van der Waals surface area contributed by atoms with E-state index in [-0.39, 0.29) is 5.91 Å². The molecule has 0 aliphatic carbocycles. The zero-order valence-corrected chi connectivity index (χ0v) is 17.1. The van der Waals surface area contributed by atoms with Crippen molar-refractivity contribution in [2.24, 2.45) is 0 Å². The van der Waals surface area contributed by atoms with Gasteiger partial charge in [-0.2, -0.15) is 5.10 Å². The minimum Gasteiger partial charge on any atom is -0.497 e. The highest BCUT2D eigenvalue weighted by Gasteiger charge is 2.18. The molecule has 150 valence electrons. The topological polar surface area (TPSA) is 84.8 Å². The summed E-state index contributed by atoms with van der Waals surface area (Å²) in [5.74, 6) is 1.53. The first-order valence-electron chi connectivity index (χ1n) is 9.52. The Bertz CT molecular complexity index is 1210. The maximum absolute atomic E-state index is 12.9. The minimum atomic E-state index is -0.259. The number of benzene rings is 2. The lowest BCUT2D eigenvalue weighted by Gasteiger charge is -2.08. The first-order chi connectivity index (χ1) is 14.7. The van der Waals surface area contributed by atoms with E-state index in [1.807, 2.05) is 54.7 Å². The van der Waals surface area contributed by atoms with Crippen LogP contribution in [0.4, 0.5) is 5.69 Å². The third kappa shape index (κ3) is 3.46. The van der Waals surface area contributed by atoms with Crippen molar-refractivity contribution in [2.75, 3.05) is 18.2 Å². The molecule has 0 unspecified atom stereocenters. The number of para-hydroxylation sites is 1. The van der Waals surface area contributed by atoms with Crippen molar-refractivity contribution in [3.63, 3.8) is 0 Å². The van der Waals surface area contributed by atoms with Gasteiger partial charge in [-0.25, -0.2) is 4.98 Å². The first-order valence-corrected chi connectivity index (χ1v) is 10.5. The Balaban J connectivity index is 1.39. The molecular weight excluding hydrogens is 398 g/mol. The summed E-state index contributed by atoms with van der Waals surface area (Å²) >= 11 is 1.75. The monoisotopic (exact) mass is 417 g/mol. The number of aromatic amines is 1. The predicted molar refractivity (Wildman–Crippen MR) is 117 cm³/mol. The average Bonchev–Trinajstić information content (AvgIpc) is 3.50. The summed E-state index contributed by atoms with van der Waals surface area (Å²) in [5.41, 5.74) is 4.38. The van der Waals surface area contributed by atoms with Gasteiger partial charge in [0.05, 0.1) is 24.2 Å². The lowest BCUT2D eigenvalue weighted by molar-refractivity contribution is 0.102. The summed E-state index contributed by atoms with van der Waals surface area (Å²) in [6, 6.07) is 17.0. The summed E-state index contributed by atoms with van der Waals surface area (Å²) in [6.45, 7) is 0.961. The summed E-state index contributed by atoms with van der Waals surface area (Å²) in [4.78, 5) is 17.6. The number of fused-ring (bicyclic) bond motifs is 1. The highest BCUT2D eigenvalue weighted by Crippen LogP contribution is 2.32. The Labute approximate surface area is 177 Å². The lowest BCUT2D eigenvalue weighted by atomic mass is 10.1. The molecule has 0 saturated carbocycles. The lowest BCUT2D eigenvalue weighted by Crippen LogP contribution is -2.13.